The highest BCUT2D eigenvalue weighted by molar-refractivity contribution is 6.07. The van der Waals surface area contributed by atoms with Crippen molar-refractivity contribution in [1.29, 1.82) is 0 Å². The van der Waals surface area contributed by atoms with Crippen molar-refractivity contribution in [2.24, 2.45) is 7.05 Å². The minimum atomic E-state index is 0.558. The smallest absolute Gasteiger partial charge is 0.287 e. The monoisotopic (exact) mass is 350 g/mol. The van der Waals surface area contributed by atoms with Crippen molar-refractivity contribution in [1.82, 2.24) is 4.98 Å². The Morgan fingerprint density at radius 3 is 2.93 bits per heavy atom. The summed E-state index contributed by atoms with van der Waals surface area (Å²) in [6, 6.07) is 10.3. The molecule has 0 spiro atoms. The summed E-state index contributed by atoms with van der Waals surface area (Å²) in [6.45, 7) is 9.60. The topological polar surface area (TPSA) is 30.4 Å². The normalized spacial score (nSPS) is 13.5. The largest absolute Gasteiger partial charge is 0.457 e. The molecule has 27 heavy (non-hydrogen) atoms. The molecule has 2 aliphatic rings. The lowest BCUT2D eigenvalue weighted by atomic mass is 9.90. The van der Waals surface area contributed by atoms with Crippen LogP contribution in [0.5, 0.6) is 11.5 Å². The van der Waals surface area contributed by atoms with Gasteiger partial charge in [-0.05, 0) is 58.8 Å². The predicted octanol–water partition coefficient (Wildman–Crippen LogP) is 4.94. The molecule has 0 bridgehead atoms. The second kappa shape index (κ2) is 4.83. The molecule has 4 aromatic rings. The molecule has 128 valence electrons. The highest BCUT2D eigenvalue weighted by atomic mass is 16.5. The highest BCUT2D eigenvalue weighted by Crippen LogP contribution is 2.52. The minimum Gasteiger partial charge on any atom is -0.457 e. The maximum atomic E-state index is 7.41. The maximum Gasteiger partial charge on any atom is 0.287 e. The minimum absolute atomic E-state index is 0.558. The molecule has 0 amide bonds. The summed E-state index contributed by atoms with van der Waals surface area (Å²) < 4.78 is 8.57. The van der Waals surface area contributed by atoms with E-state index in [0.717, 1.165) is 46.5 Å². The second-order valence-electron chi connectivity index (χ2n) is 7.40. The van der Waals surface area contributed by atoms with Gasteiger partial charge in [0.15, 0.2) is 16.9 Å². The number of aromatic nitrogens is 2. The molecule has 1 aliphatic heterocycles. The fourth-order valence-corrected chi connectivity index (χ4v) is 4.81. The number of hydrogen-bond acceptors (Lipinski definition) is 2. The van der Waals surface area contributed by atoms with Gasteiger partial charge in [-0.1, -0.05) is 18.2 Å². The molecule has 0 unspecified atom stereocenters. The van der Waals surface area contributed by atoms with E-state index >= 15 is 0 Å². The van der Waals surface area contributed by atoms with Crippen LogP contribution in [0.1, 0.15) is 16.7 Å². The molecular formula is C23H16N3O+. The van der Waals surface area contributed by atoms with Gasteiger partial charge in [-0.2, -0.15) is 0 Å². The zero-order valence-electron chi connectivity index (χ0n) is 15.1. The van der Waals surface area contributed by atoms with Crippen molar-refractivity contribution in [3.63, 3.8) is 0 Å². The van der Waals surface area contributed by atoms with Crippen LogP contribution < -0.4 is 9.30 Å². The van der Waals surface area contributed by atoms with Gasteiger partial charge in [-0.25, -0.2) is 9.41 Å². The number of hydrogen-bond donors (Lipinski definition) is 0. The Bertz CT molecular complexity index is 1380. The van der Waals surface area contributed by atoms with Gasteiger partial charge in [0, 0.05) is 5.56 Å². The van der Waals surface area contributed by atoms with Crippen molar-refractivity contribution in [2.45, 2.75) is 19.8 Å². The highest BCUT2D eigenvalue weighted by Gasteiger charge is 2.34. The van der Waals surface area contributed by atoms with Gasteiger partial charge in [0.1, 0.15) is 16.9 Å². The summed E-state index contributed by atoms with van der Waals surface area (Å²) in [5, 5.41) is 3.66. The summed E-state index contributed by atoms with van der Waals surface area (Å²) >= 11 is 0. The van der Waals surface area contributed by atoms with E-state index in [9.17, 15) is 0 Å². The molecule has 0 N–H and O–H groups in total. The lowest BCUT2D eigenvalue weighted by molar-refractivity contribution is -0.662. The number of nitrogens with zero attached hydrogens (tertiary/aromatic N) is 3. The molecule has 6 rings (SSSR count). The van der Waals surface area contributed by atoms with Gasteiger partial charge < -0.3 is 4.74 Å². The first-order chi connectivity index (χ1) is 13.2. The van der Waals surface area contributed by atoms with Crippen LogP contribution in [0, 0.1) is 13.5 Å². The number of ether oxygens (including phenoxy) is 1. The molecule has 0 fully saturated rings. The third-order valence-corrected chi connectivity index (χ3v) is 5.98. The van der Waals surface area contributed by atoms with E-state index in [1.807, 2.05) is 25.5 Å². The average Bonchev–Trinajstić information content (AvgIpc) is 3.13. The van der Waals surface area contributed by atoms with Crippen LogP contribution in [0.3, 0.4) is 0 Å². The van der Waals surface area contributed by atoms with E-state index in [4.69, 9.17) is 11.3 Å². The van der Waals surface area contributed by atoms with E-state index in [2.05, 4.69) is 39.5 Å². The third kappa shape index (κ3) is 1.71. The zero-order valence-corrected chi connectivity index (χ0v) is 15.1. The number of benzene rings is 3. The summed E-state index contributed by atoms with van der Waals surface area (Å²) in [7, 11) is 2.03. The van der Waals surface area contributed by atoms with E-state index < -0.39 is 0 Å². The zero-order chi connectivity index (χ0) is 18.3. The summed E-state index contributed by atoms with van der Waals surface area (Å²) in [5.74, 6) is 1.70. The first kappa shape index (κ1) is 14.7. The SMILES string of the molecule is [C-]#[N+]c1cc2c3c([n+](C)cnc3c1)-c1c(c3c4c(cccc4c1C)CC3)O2. The number of aryl methyl sites for hydroxylation is 4. The molecule has 1 aromatic heterocycles. The van der Waals surface area contributed by atoms with E-state index in [1.54, 1.807) is 0 Å². The van der Waals surface area contributed by atoms with Crippen LogP contribution in [0.25, 0.3) is 37.8 Å². The summed E-state index contributed by atoms with van der Waals surface area (Å²) in [6.07, 6.45) is 3.89. The molecule has 4 nitrogen and oxygen atoms in total. The summed E-state index contributed by atoms with van der Waals surface area (Å²) in [5.41, 5.74) is 7.60. The molecule has 0 radical (unpaired) electrons. The first-order valence-corrected chi connectivity index (χ1v) is 9.12. The first-order valence-electron chi connectivity index (χ1n) is 9.12. The van der Waals surface area contributed by atoms with Crippen molar-refractivity contribution in [3.05, 3.63) is 64.8 Å². The molecule has 0 saturated carbocycles. The fraction of sp³-hybridized carbons (Fsp3) is 0.174. The average molecular weight is 350 g/mol. The van der Waals surface area contributed by atoms with Crippen LogP contribution in [0.4, 0.5) is 5.69 Å². The molecule has 1 aliphatic carbocycles. The lowest BCUT2D eigenvalue weighted by Crippen LogP contribution is -2.33. The van der Waals surface area contributed by atoms with E-state index in [-0.39, 0.29) is 0 Å². The van der Waals surface area contributed by atoms with Crippen molar-refractivity contribution in [2.75, 3.05) is 0 Å². The van der Waals surface area contributed by atoms with Gasteiger partial charge in [0.2, 0.25) is 0 Å². The Kier molecular flexibility index (Phi) is 2.63. The lowest BCUT2D eigenvalue weighted by Gasteiger charge is -2.24. The van der Waals surface area contributed by atoms with E-state index in [0.29, 0.717) is 5.69 Å². The van der Waals surface area contributed by atoms with E-state index in [1.165, 1.54) is 27.5 Å². The van der Waals surface area contributed by atoms with Crippen LogP contribution in [0.2, 0.25) is 0 Å². The van der Waals surface area contributed by atoms with Crippen molar-refractivity contribution >= 4 is 27.4 Å². The number of rotatable bonds is 0. The number of fused-ring (bicyclic) bond motifs is 3. The standard InChI is InChI=1S/C23H16N3O/c1-12-15-6-4-5-13-7-8-16(20(13)15)23-19(12)22-21-17(25-11-26(22)3)9-14(24-2)10-18(21)27-23/h4-6,9-11H,7-8H2,1,3H3/q+1. The molecular weight excluding hydrogens is 334 g/mol. The Morgan fingerprint density at radius 1 is 1.19 bits per heavy atom. The van der Waals surface area contributed by atoms with Crippen LogP contribution in [0.15, 0.2) is 36.7 Å². The molecule has 4 heteroatoms. The molecule has 3 aromatic carbocycles. The van der Waals surface area contributed by atoms with Gasteiger partial charge in [0.05, 0.1) is 19.2 Å². The van der Waals surface area contributed by atoms with Gasteiger partial charge in [-0.15, -0.1) is 0 Å². The Hall–Kier alpha value is -3.45. The quantitative estimate of drug-likeness (QED) is 0.292. The Balaban J connectivity index is 1.85. The third-order valence-electron chi connectivity index (χ3n) is 5.98. The predicted molar refractivity (Wildman–Crippen MR) is 104 cm³/mol. The van der Waals surface area contributed by atoms with Crippen LogP contribution >= 0.6 is 0 Å². The Labute approximate surface area is 156 Å². The summed E-state index contributed by atoms with van der Waals surface area (Å²) in [4.78, 5) is 8.16. The molecule has 0 atom stereocenters. The van der Waals surface area contributed by atoms with Crippen LogP contribution in [-0.2, 0) is 19.9 Å². The Morgan fingerprint density at radius 2 is 2.07 bits per heavy atom. The van der Waals surface area contributed by atoms with Crippen molar-refractivity contribution in [3.8, 4) is 22.8 Å². The fourth-order valence-electron chi connectivity index (χ4n) is 4.81. The second-order valence-corrected chi connectivity index (χ2v) is 7.40. The van der Waals surface area contributed by atoms with Gasteiger partial charge in [0.25, 0.3) is 6.33 Å². The van der Waals surface area contributed by atoms with Gasteiger partial charge >= 0.3 is 0 Å². The maximum absolute atomic E-state index is 7.41. The van der Waals surface area contributed by atoms with Crippen molar-refractivity contribution < 1.29 is 9.30 Å². The van der Waals surface area contributed by atoms with Crippen LogP contribution in [-0.4, -0.2) is 4.98 Å². The molecule has 2 heterocycles. The van der Waals surface area contributed by atoms with Gasteiger partial charge in [-0.3, -0.25) is 0 Å². The molecule has 0 saturated heterocycles.